The van der Waals surface area contributed by atoms with Gasteiger partial charge in [-0.25, -0.2) is 4.79 Å². The van der Waals surface area contributed by atoms with Gasteiger partial charge in [0.2, 0.25) is 5.91 Å². The molecule has 0 saturated carbocycles. The van der Waals surface area contributed by atoms with Crippen LogP contribution in [0.1, 0.15) is 31.9 Å². The van der Waals surface area contributed by atoms with Crippen molar-refractivity contribution in [2.45, 2.75) is 31.8 Å². The normalized spacial score (nSPS) is 14.9. The van der Waals surface area contributed by atoms with Crippen molar-refractivity contribution in [3.63, 3.8) is 0 Å². The Balaban J connectivity index is 2.94. The van der Waals surface area contributed by atoms with Crippen LogP contribution in [0.15, 0.2) is 30.3 Å². The van der Waals surface area contributed by atoms with Crippen LogP contribution in [0.4, 0.5) is 4.79 Å². The lowest BCUT2D eigenvalue weighted by Crippen LogP contribution is -2.53. The Morgan fingerprint density at radius 3 is 2.40 bits per heavy atom. The molecule has 0 aliphatic heterocycles. The molecule has 1 rings (SSSR count). The summed E-state index contributed by atoms with van der Waals surface area (Å²) < 4.78 is 0. The van der Waals surface area contributed by atoms with Crippen LogP contribution >= 0.6 is 0 Å². The Hall–Kier alpha value is -2.08. The second kappa shape index (κ2) is 6.91. The van der Waals surface area contributed by atoms with Crippen molar-refractivity contribution in [3.8, 4) is 0 Å². The van der Waals surface area contributed by atoms with Gasteiger partial charge in [0.05, 0.1) is 12.1 Å². The van der Waals surface area contributed by atoms with Crippen LogP contribution in [-0.4, -0.2) is 29.2 Å². The van der Waals surface area contributed by atoms with Gasteiger partial charge in [-0.15, -0.1) is 0 Å². The number of nitrogens with two attached hydrogens (primary N) is 1. The maximum absolute atomic E-state index is 12.3. The molecule has 0 bridgehead atoms. The van der Waals surface area contributed by atoms with E-state index in [9.17, 15) is 14.7 Å². The van der Waals surface area contributed by atoms with Crippen LogP contribution in [0.2, 0.25) is 0 Å². The molecule has 0 spiro atoms. The van der Waals surface area contributed by atoms with Crippen LogP contribution in [0, 0.1) is 0 Å². The minimum atomic E-state index is -0.883. The van der Waals surface area contributed by atoms with E-state index in [2.05, 4.69) is 10.6 Å². The Morgan fingerprint density at radius 1 is 1.35 bits per heavy atom. The van der Waals surface area contributed by atoms with E-state index in [4.69, 9.17) is 5.73 Å². The number of rotatable bonds is 6. The Labute approximate surface area is 118 Å². The SMILES string of the molecule is CCC(C)(CO)NC(=O)C(NC(N)=O)c1ccccc1. The van der Waals surface area contributed by atoms with Crippen molar-refractivity contribution in [2.24, 2.45) is 5.73 Å². The van der Waals surface area contributed by atoms with E-state index < -0.39 is 23.5 Å². The summed E-state index contributed by atoms with van der Waals surface area (Å²) in [6.45, 7) is 3.40. The molecule has 1 aromatic carbocycles. The first kappa shape index (κ1) is 16.0. The number of benzene rings is 1. The van der Waals surface area contributed by atoms with Crippen molar-refractivity contribution >= 4 is 11.9 Å². The zero-order valence-electron chi connectivity index (χ0n) is 11.7. The monoisotopic (exact) mass is 279 g/mol. The maximum Gasteiger partial charge on any atom is 0.313 e. The minimum Gasteiger partial charge on any atom is -0.394 e. The molecule has 2 atom stereocenters. The maximum atomic E-state index is 12.3. The van der Waals surface area contributed by atoms with Gasteiger partial charge in [0.25, 0.3) is 0 Å². The molecule has 20 heavy (non-hydrogen) atoms. The smallest absolute Gasteiger partial charge is 0.313 e. The Kier molecular flexibility index (Phi) is 5.52. The van der Waals surface area contributed by atoms with Gasteiger partial charge in [0.1, 0.15) is 6.04 Å². The first-order valence-electron chi connectivity index (χ1n) is 6.45. The second-order valence-electron chi connectivity index (χ2n) is 4.91. The summed E-state index contributed by atoms with van der Waals surface area (Å²) in [5, 5.41) is 14.5. The molecule has 0 aromatic heterocycles. The van der Waals surface area contributed by atoms with Crippen LogP contribution < -0.4 is 16.4 Å². The predicted octanol–water partition coefficient (Wildman–Crippen LogP) is 0.673. The van der Waals surface area contributed by atoms with Gasteiger partial charge in [-0.3, -0.25) is 4.79 Å². The number of primary amides is 1. The molecule has 0 aliphatic rings. The number of carbonyl (C=O) groups excluding carboxylic acids is 2. The topological polar surface area (TPSA) is 104 Å². The highest BCUT2D eigenvalue weighted by atomic mass is 16.3. The third-order valence-corrected chi connectivity index (χ3v) is 3.24. The molecule has 0 heterocycles. The second-order valence-corrected chi connectivity index (χ2v) is 4.91. The molecule has 0 radical (unpaired) electrons. The zero-order valence-corrected chi connectivity index (χ0v) is 11.7. The van der Waals surface area contributed by atoms with Crippen molar-refractivity contribution in [1.29, 1.82) is 0 Å². The van der Waals surface area contributed by atoms with Gasteiger partial charge in [0, 0.05) is 0 Å². The third kappa shape index (κ3) is 4.24. The fourth-order valence-corrected chi connectivity index (χ4v) is 1.70. The number of hydrogen-bond donors (Lipinski definition) is 4. The minimum absolute atomic E-state index is 0.187. The van der Waals surface area contributed by atoms with Gasteiger partial charge in [-0.1, -0.05) is 37.3 Å². The zero-order chi connectivity index (χ0) is 15.2. The molecular weight excluding hydrogens is 258 g/mol. The van der Waals surface area contributed by atoms with Crippen LogP contribution in [-0.2, 0) is 4.79 Å². The van der Waals surface area contributed by atoms with Gasteiger partial charge < -0.3 is 21.5 Å². The lowest BCUT2D eigenvalue weighted by Gasteiger charge is -2.29. The summed E-state index contributed by atoms with van der Waals surface area (Å²) in [6, 6.07) is 7.13. The highest BCUT2D eigenvalue weighted by Gasteiger charge is 2.29. The van der Waals surface area contributed by atoms with E-state index in [0.29, 0.717) is 12.0 Å². The van der Waals surface area contributed by atoms with Crippen molar-refractivity contribution in [3.05, 3.63) is 35.9 Å². The molecule has 3 amide bonds. The van der Waals surface area contributed by atoms with E-state index >= 15 is 0 Å². The fraction of sp³-hybridized carbons (Fsp3) is 0.429. The average Bonchev–Trinajstić information content (AvgIpc) is 2.45. The van der Waals surface area contributed by atoms with Crippen LogP contribution in [0.25, 0.3) is 0 Å². The van der Waals surface area contributed by atoms with E-state index in [1.54, 1.807) is 31.2 Å². The number of nitrogens with one attached hydrogen (secondary N) is 2. The van der Waals surface area contributed by atoms with E-state index in [1.807, 2.05) is 13.0 Å². The number of aliphatic hydroxyl groups is 1. The molecule has 0 fully saturated rings. The van der Waals surface area contributed by atoms with Gasteiger partial charge >= 0.3 is 6.03 Å². The van der Waals surface area contributed by atoms with Crippen molar-refractivity contribution in [1.82, 2.24) is 10.6 Å². The first-order valence-corrected chi connectivity index (χ1v) is 6.45. The molecule has 6 heteroatoms. The number of urea groups is 1. The molecule has 0 aliphatic carbocycles. The molecule has 1 aromatic rings. The highest BCUT2D eigenvalue weighted by Crippen LogP contribution is 2.15. The summed E-state index contributed by atoms with van der Waals surface area (Å²) in [4.78, 5) is 23.4. The van der Waals surface area contributed by atoms with E-state index in [0.717, 1.165) is 0 Å². The van der Waals surface area contributed by atoms with Crippen LogP contribution in [0.3, 0.4) is 0 Å². The van der Waals surface area contributed by atoms with Gasteiger partial charge in [0.15, 0.2) is 0 Å². The molecule has 5 N–H and O–H groups in total. The van der Waals surface area contributed by atoms with Gasteiger partial charge in [-0.2, -0.15) is 0 Å². The molecule has 110 valence electrons. The van der Waals surface area contributed by atoms with Crippen molar-refractivity contribution in [2.75, 3.05) is 6.61 Å². The van der Waals surface area contributed by atoms with E-state index in [-0.39, 0.29) is 6.61 Å². The summed E-state index contributed by atoms with van der Waals surface area (Å²) in [6.07, 6.45) is 0.563. The third-order valence-electron chi connectivity index (χ3n) is 3.24. The molecule has 6 nitrogen and oxygen atoms in total. The molecule has 2 unspecified atom stereocenters. The standard InChI is InChI=1S/C14H21N3O3/c1-3-14(2,9-18)17-12(19)11(16-13(15)20)10-7-5-4-6-8-10/h4-8,11,18H,3,9H2,1-2H3,(H,17,19)(H3,15,16,20). The van der Waals surface area contributed by atoms with Crippen molar-refractivity contribution < 1.29 is 14.7 Å². The van der Waals surface area contributed by atoms with E-state index in [1.165, 1.54) is 0 Å². The number of carbonyl (C=O) groups is 2. The summed E-state index contributed by atoms with van der Waals surface area (Å²) in [5.74, 6) is -0.409. The highest BCUT2D eigenvalue weighted by molar-refractivity contribution is 5.88. The number of aliphatic hydroxyl groups excluding tert-OH is 1. The summed E-state index contributed by atoms with van der Waals surface area (Å²) in [5.41, 5.74) is 5.01. The molecular formula is C14H21N3O3. The quantitative estimate of drug-likeness (QED) is 0.615. The fourth-order valence-electron chi connectivity index (χ4n) is 1.70. The number of hydrogen-bond acceptors (Lipinski definition) is 3. The summed E-state index contributed by atoms with van der Waals surface area (Å²) >= 11 is 0. The van der Waals surface area contributed by atoms with Crippen LogP contribution in [0.5, 0.6) is 0 Å². The predicted molar refractivity (Wildman–Crippen MR) is 75.8 cm³/mol. The Bertz CT molecular complexity index is 458. The average molecular weight is 279 g/mol. The largest absolute Gasteiger partial charge is 0.394 e. The summed E-state index contributed by atoms with van der Waals surface area (Å²) in [7, 11) is 0. The molecule has 0 saturated heterocycles. The van der Waals surface area contributed by atoms with Gasteiger partial charge in [-0.05, 0) is 18.9 Å². The Morgan fingerprint density at radius 2 is 1.95 bits per heavy atom. The lowest BCUT2D eigenvalue weighted by atomic mass is 9.98. The number of amides is 3. The lowest BCUT2D eigenvalue weighted by molar-refractivity contribution is -0.125. The first-order chi connectivity index (χ1) is 9.41.